The van der Waals surface area contributed by atoms with Gasteiger partial charge >= 0.3 is 0 Å². The summed E-state index contributed by atoms with van der Waals surface area (Å²) in [5.41, 5.74) is 3.19. The topological polar surface area (TPSA) is 58.1 Å². The lowest BCUT2D eigenvalue weighted by Gasteiger charge is -2.16. The number of hydrogen-bond donors (Lipinski definition) is 1. The summed E-state index contributed by atoms with van der Waals surface area (Å²) in [5, 5.41) is 11.4. The highest BCUT2D eigenvalue weighted by Gasteiger charge is 2.15. The zero-order chi connectivity index (χ0) is 16.9. The minimum atomic E-state index is -0.198. The van der Waals surface area contributed by atoms with Crippen LogP contribution in [0.1, 0.15) is 16.1 Å². The van der Waals surface area contributed by atoms with Gasteiger partial charge in [-0.2, -0.15) is 0 Å². The van der Waals surface area contributed by atoms with Gasteiger partial charge in [0.15, 0.2) is 11.5 Å². The van der Waals surface area contributed by atoms with Gasteiger partial charge in [0.1, 0.15) is 0 Å². The molecule has 0 radical (unpaired) electrons. The molecule has 0 fully saturated rings. The van der Waals surface area contributed by atoms with Crippen LogP contribution < -0.4 is 10.2 Å². The Morgan fingerprint density at radius 1 is 0.917 bits per heavy atom. The third kappa shape index (κ3) is 3.41. The molecule has 1 heterocycles. The Morgan fingerprint density at radius 2 is 1.62 bits per heavy atom. The van der Waals surface area contributed by atoms with Crippen LogP contribution in [0.25, 0.3) is 0 Å². The van der Waals surface area contributed by atoms with Crippen molar-refractivity contribution in [2.75, 3.05) is 17.3 Å². The number of aryl methyl sites for hydroxylation is 1. The summed E-state index contributed by atoms with van der Waals surface area (Å²) in [6.45, 7) is 2.02. The molecule has 5 heteroatoms. The highest BCUT2D eigenvalue weighted by atomic mass is 16.2. The van der Waals surface area contributed by atoms with Crippen molar-refractivity contribution in [3.63, 3.8) is 0 Å². The first-order valence-corrected chi connectivity index (χ1v) is 7.64. The van der Waals surface area contributed by atoms with Crippen molar-refractivity contribution in [2.24, 2.45) is 0 Å². The molecule has 0 saturated carbocycles. The quantitative estimate of drug-likeness (QED) is 0.795. The molecule has 3 rings (SSSR count). The molecule has 0 spiro atoms. The van der Waals surface area contributed by atoms with Crippen LogP contribution in [-0.2, 0) is 0 Å². The fraction of sp³-hybridized carbons (Fsp3) is 0.105. The second-order valence-electron chi connectivity index (χ2n) is 5.44. The molecule has 1 aromatic heterocycles. The van der Waals surface area contributed by atoms with Crippen LogP contribution >= 0.6 is 0 Å². The van der Waals surface area contributed by atoms with E-state index in [2.05, 4.69) is 15.5 Å². The fourth-order valence-corrected chi connectivity index (χ4v) is 2.30. The maximum absolute atomic E-state index is 12.5. The Kier molecular flexibility index (Phi) is 4.52. The van der Waals surface area contributed by atoms with E-state index >= 15 is 0 Å². The summed E-state index contributed by atoms with van der Waals surface area (Å²) in [6.07, 6.45) is 0. The predicted octanol–water partition coefficient (Wildman–Crippen LogP) is 3.81. The molecule has 24 heavy (non-hydrogen) atoms. The number of amides is 1. The van der Waals surface area contributed by atoms with Gasteiger partial charge in [0.05, 0.1) is 0 Å². The van der Waals surface area contributed by atoms with Crippen LogP contribution in [-0.4, -0.2) is 23.2 Å². The summed E-state index contributed by atoms with van der Waals surface area (Å²) in [6, 6.07) is 20.8. The van der Waals surface area contributed by atoms with Gasteiger partial charge in [-0.25, -0.2) is 0 Å². The van der Waals surface area contributed by atoms with Gasteiger partial charge in [0.25, 0.3) is 5.91 Å². The van der Waals surface area contributed by atoms with E-state index in [0.717, 1.165) is 16.9 Å². The summed E-state index contributed by atoms with van der Waals surface area (Å²) in [5.74, 6) is 0.402. The average Bonchev–Trinajstić information content (AvgIpc) is 2.64. The van der Waals surface area contributed by atoms with Crippen LogP contribution in [0.3, 0.4) is 0 Å². The molecular formula is C19H18N4O. The Bertz CT molecular complexity index is 832. The number of rotatable bonds is 4. The van der Waals surface area contributed by atoms with Crippen molar-refractivity contribution in [2.45, 2.75) is 6.92 Å². The zero-order valence-corrected chi connectivity index (χ0v) is 13.6. The lowest BCUT2D eigenvalue weighted by Crippen LogP contribution is -2.27. The molecule has 0 bridgehead atoms. The molecule has 0 saturated heterocycles. The summed E-state index contributed by atoms with van der Waals surface area (Å²) >= 11 is 0. The van der Waals surface area contributed by atoms with Crippen LogP contribution in [0.4, 0.5) is 17.2 Å². The van der Waals surface area contributed by atoms with Gasteiger partial charge < -0.3 is 10.2 Å². The Labute approximate surface area is 141 Å². The molecule has 0 aliphatic rings. The van der Waals surface area contributed by atoms with Crippen molar-refractivity contribution in [3.05, 3.63) is 78.0 Å². The van der Waals surface area contributed by atoms with E-state index in [0.29, 0.717) is 11.5 Å². The third-order valence-electron chi connectivity index (χ3n) is 3.74. The van der Waals surface area contributed by atoms with Crippen LogP contribution in [0.15, 0.2) is 66.7 Å². The van der Waals surface area contributed by atoms with Gasteiger partial charge in [-0.05, 0) is 42.8 Å². The summed E-state index contributed by atoms with van der Waals surface area (Å²) in [4.78, 5) is 14.0. The molecule has 1 N–H and O–H groups in total. The van der Waals surface area contributed by atoms with Gasteiger partial charge in [-0.15, -0.1) is 10.2 Å². The molecule has 1 amide bonds. The van der Waals surface area contributed by atoms with E-state index in [9.17, 15) is 4.79 Å². The van der Waals surface area contributed by atoms with Gasteiger partial charge in [0.2, 0.25) is 0 Å². The predicted molar refractivity (Wildman–Crippen MR) is 95.7 cm³/mol. The van der Waals surface area contributed by atoms with Crippen LogP contribution in [0.2, 0.25) is 0 Å². The number of hydrogen-bond acceptors (Lipinski definition) is 4. The highest BCUT2D eigenvalue weighted by Crippen LogP contribution is 2.19. The van der Waals surface area contributed by atoms with Gasteiger partial charge in [-0.1, -0.05) is 36.4 Å². The minimum absolute atomic E-state index is 0.198. The number of nitrogens with one attached hydrogen (secondary N) is 1. The molecule has 2 aromatic carbocycles. The van der Waals surface area contributed by atoms with Crippen molar-refractivity contribution in [3.8, 4) is 0 Å². The largest absolute Gasteiger partial charge is 0.339 e. The summed E-state index contributed by atoms with van der Waals surface area (Å²) in [7, 11) is 1.72. The Hall–Kier alpha value is -3.21. The lowest BCUT2D eigenvalue weighted by molar-refractivity contribution is 0.0987. The lowest BCUT2D eigenvalue weighted by atomic mass is 10.2. The maximum Gasteiger partial charge on any atom is 0.278 e. The Balaban J connectivity index is 1.75. The molecule has 120 valence electrons. The van der Waals surface area contributed by atoms with E-state index < -0.39 is 0 Å². The highest BCUT2D eigenvalue weighted by molar-refractivity contribution is 6.04. The van der Waals surface area contributed by atoms with Crippen molar-refractivity contribution in [1.29, 1.82) is 0 Å². The number of anilines is 3. The maximum atomic E-state index is 12.5. The van der Waals surface area contributed by atoms with Crippen LogP contribution in [0.5, 0.6) is 0 Å². The number of carbonyl (C=O) groups excluding carboxylic acids is 1. The van der Waals surface area contributed by atoms with E-state index in [1.165, 1.54) is 0 Å². The number of aromatic nitrogens is 2. The average molecular weight is 318 g/mol. The number of para-hydroxylation sites is 2. The van der Waals surface area contributed by atoms with Crippen LogP contribution in [0, 0.1) is 6.92 Å². The fourth-order valence-electron chi connectivity index (χ4n) is 2.30. The standard InChI is InChI=1S/C19H18N4O/c1-14-8-6-7-11-16(14)20-18-13-12-17(21-22-18)19(24)23(2)15-9-4-3-5-10-15/h3-13H,1-2H3,(H,20,22). The SMILES string of the molecule is Cc1ccccc1Nc1ccc(C(=O)N(C)c2ccccc2)nn1. The normalized spacial score (nSPS) is 10.2. The molecule has 0 aliphatic heterocycles. The minimum Gasteiger partial charge on any atom is -0.339 e. The summed E-state index contributed by atoms with van der Waals surface area (Å²) < 4.78 is 0. The van der Waals surface area contributed by atoms with E-state index in [1.807, 2.05) is 61.5 Å². The Morgan fingerprint density at radius 3 is 2.29 bits per heavy atom. The van der Waals surface area contributed by atoms with Crippen molar-refractivity contribution >= 4 is 23.1 Å². The molecule has 0 atom stereocenters. The van der Waals surface area contributed by atoms with Crippen molar-refractivity contribution < 1.29 is 4.79 Å². The third-order valence-corrected chi connectivity index (χ3v) is 3.74. The number of carbonyl (C=O) groups is 1. The van der Waals surface area contributed by atoms with Crippen molar-refractivity contribution in [1.82, 2.24) is 10.2 Å². The molecule has 0 aliphatic carbocycles. The smallest absolute Gasteiger partial charge is 0.278 e. The van der Waals surface area contributed by atoms with Gasteiger partial charge in [0, 0.05) is 18.4 Å². The molecule has 5 nitrogen and oxygen atoms in total. The van der Waals surface area contributed by atoms with Gasteiger partial charge in [-0.3, -0.25) is 4.79 Å². The second-order valence-corrected chi connectivity index (χ2v) is 5.44. The number of benzene rings is 2. The monoisotopic (exact) mass is 318 g/mol. The molecule has 0 unspecified atom stereocenters. The molecule has 3 aromatic rings. The van der Waals surface area contributed by atoms with E-state index in [-0.39, 0.29) is 5.91 Å². The van der Waals surface area contributed by atoms with E-state index in [1.54, 1.807) is 24.1 Å². The van der Waals surface area contributed by atoms with E-state index in [4.69, 9.17) is 0 Å². The first-order valence-electron chi connectivity index (χ1n) is 7.64. The zero-order valence-electron chi connectivity index (χ0n) is 13.6. The molecular weight excluding hydrogens is 300 g/mol. The first kappa shape index (κ1) is 15.7. The first-order chi connectivity index (χ1) is 11.6. The second kappa shape index (κ2) is 6.91. The number of nitrogens with zero attached hydrogens (tertiary/aromatic N) is 3.